The molecule has 1 fully saturated rings. The number of hydrogen-bond donors (Lipinski definition) is 4. The van der Waals surface area contributed by atoms with E-state index in [4.69, 9.17) is 18.9 Å². The van der Waals surface area contributed by atoms with Gasteiger partial charge in [-0.1, -0.05) is 192 Å². The second-order valence-electron chi connectivity index (χ2n) is 18.0. The lowest BCUT2D eigenvalue weighted by Gasteiger charge is -2.39. The molecular formula is C53H96O10. The lowest BCUT2D eigenvalue weighted by Crippen LogP contribution is -2.59. The van der Waals surface area contributed by atoms with Crippen LogP contribution in [-0.4, -0.2) is 89.0 Å². The number of unbranched alkanes of at least 4 members (excludes halogenated alkanes) is 27. The van der Waals surface area contributed by atoms with E-state index < -0.39 is 55.4 Å². The molecule has 0 bridgehead atoms. The number of allylic oxidation sites excluding steroid dienone is 6. The standard InChI is InChI=1S/C53H96O10/c1-3-5-7-9-11-13-15-17-19-21-22-23-24-26-28-30-32-34-36-38-40-42-49(56)62-46(45-61-53-52(59)51(58)50(57)47(43-54)63-53)44-60-48(55)41-39-37-35-33-31-29-27-25-20-18-16-14-12-10-8-6-4-2/h17,19,27,29,33,35,46-47,50-54,57-59H,3-16,18,20-26,28,30-32,34,36-45H2,1-2H3/b19-17+,29-27+,35-33+/t46-,47-,50+,51?,52?,53-/m1/s1. The number of ether oxygens (including phenoxy) is 4. The maximum Gasteiger partial charge on any atom is 0.306 e. The van der Waals surface area contributed by atoms with Gasteiger partial charge in [-0.05, 0) is 64.2 Å². The van der Waals surface area contributed by atoms with Crippen LogP contribution in [0.25, 0.3) is 0 Å². The van der Waals surface area contributed by atoms with E-state index in [0.29, 0.717) is 12.8 Å². The molecule has 0 aromatic rings. The fraction of sp³-hybridized carbons (Fsp3) is 0.849. The van der Waals surface area contributed by atoms with Gasteiger partial charge in [0.25, 0.3) is 0 Å². The SMILES string of the molecule is CCCCCCCC/C=C/CCCCCCCCCCCCCC(=O)O[C@H](COC(=O)CCC/C=C/C/C=C/CCCCCCCCCCC)CO[C@@H]1O[C@H](CO)[C@H](O)C(O)C1O. The van der Waals surface area contributed by atoms with Crippen molar-refractivity contribution in [1.82, 2.24) is 0 Å². The Kier molecular flexibility index (Phi) is 41.0. The van der Waals surface area contributed by atoms with Crippen LogP contribution < -0.4 is 0 Å². The Balaban J connectivity index is 2.28. The van der Waals surface area contributed by atoms with Crippen LogP contribution in [-0.2, 0) is 28.5 Å². The van der Waals surface area contributed by atoms with E-state index in [1.165, 1.54) is 154 Å². The smallest absolute Gasteiger partial charge is 0.306 e. The predicted molar refractivity (Wildman–Crippen MR) is 256 cm³/mol. The Labute approximate surface area is 385 Å². The number of aliphatic hydroxyl groups excluding tert-OH is 4. The Bertz CT molecular complexity index is 1120. The summed E-state index contributed by atoms with van der Waals surface area (Å²) in [5, 5.41) is 40.2. The molecule has 6 atom stereocenters. The van der Waals surface area contributed by atoms with Crippen molar-refractivity contribution in [1.29, 1.82) is 0 Å². The second kappa shape index (κ2) is 43.8. The monoisotopic (exact) mass is 893 g/mol. The van der Waals surface area contributed by atoms with Crippen molar-refractivity contribution in [2.24, 2.45) is 0 Å². The number of carbonyl (C=O) groups excluding carboxylic acids is 2. The number of hydrogen-bond acceptors (Lipinski definition) is 10. The van der Waals surface area contributed by atoms with E-state index in [1.807, 2.05) is 0 Å². The van der Waals surface area contributed by atoms with Gasteiger partial charge < -0.3 is 39.4 Å². The minimum Gasteiger partial charge on any atom is -0.462 e. The molecule has 1 saturated heterocycles. The first-order valence-electron chi connectivity index (χ1n) is 26.1. The highest BCUT2D eigenvalue weighted by atomic mass is 16.7. The third-order valence-corrected chi connectivity index (χ3v) is 12.0. The Morgan fingerprint density at radius 1 is 0.492 bits per heavy atom. The van der Waals surface area contributed by atoms with E-state index in [0.717, 1.165) is 38.5 Å². The summed E-state index contributed by atoms with van der Waals surface area (Å²) in [7, 11) is 0. The average Bonchev–Trinajstić information content (AvgIpc) is 3.28. The number of rotatable bonds is 44. The molecule has 1 aliphatic heterocycles. The largest absolute Gasteiger partial charge is 0.462 e. The summed E-state index contributed by atoms with van der Waals surface area (Å²) >= 11 is 0. The van der Waals surface area contributed by atoms with E-state index in [2.05, 4.69) is 50.3 Å². The molecule has 4 N–H and O–H groups in total. The molecule has 10 nitrogen and oxygen atoms in total. The molecule has 0 saturated carbocycles. The molecule has 0 aromatic heterocycles. The van der Waals surface area contributed by atoms with Gasteiger partial charge in [-0.25, -0.2) is 0 Å². The zero-order valence-electron chi connectivity index (χ0n) is 40.3. The van der Waals surface area contributed by atoms with Crippen molar-refractivity contribution < 1.29 is 49.0 Å². The molecule has 0 amide bonds. The first-order chi connectivity index (χ1) is 30.8. The molecule has 0 radical (unpaired) electrons. The Morgan fingerprint density at radius 2 is 0.905 bits per heavy atom. The highest BCUT2D eigenvalue weighted by Gasteiger charge is 2.44. The fourth-order valence-corrected chi connectivity index (χ4v) is 7.87. The molecule has 63 heavy (non-hydrogen) atoms. The summed E-state index contributed by atoms with van der Waals surface area (Å²) in [6.07, 6.45) is 44.5. The Hall–Kier alpha value is -2.08. The van der Waals surface area contributed by atoms with E-state index in [9.17, 15) is 30.0 Å². The van der Waals surface area contributed by atoms with E-state index in [1.54, 1.807) is 0 Å². The van der Waals surface area contributed by atoms with Gasteiger partial charge in [0, 0.05) is 12.8 Å². The van der Waals surface area contributed by atoms with Gasteiger partial charge in [-0.15, -0.1) is 0 Å². The van der Waals surface area contributed by atoms with Crippen LogP contribution in [0.1, 0.15) is 232 Å². The summed E-state index contributed by atoms with van der Waals surface area (Å²) in [5.41, 5.74) is 0. The summed E-state index contributed by atoms with van der Waals surface area (Å²) < 4.78 is 22.2. The van der Waals surface area contributed by atoms with Crippen molar-refractivity contribution in [2.75, 3.05) is 19.8 Å². The van der Waals surface area contributed by atoms with Gasteiger partial charge in [0.05, 0.1) is 13.2 Å². The first kappa shape index (κ1) is 58.9. The van der Waals surface area contributed by atoms with Crippen molar-refractivity contribution in [3.8, 4) is 0 Å². The van der Waals surface area contributed by atoms with Crippen molar-refractivity contribution in [3.05, 3.63) is 36.5 Å². The highest BCUT2D eigenvalue weighted by molar-refractivity contribution is 5.70. The molecule has 0 aliphatic carbocycles. The van der Waals surface area contributed by atoms with Crippen molar-refractivity contribution in [3.63, 3.8) is 0 Å². The van der Waals surface area contributed by atoms with Crippen LogP contribution in [0.5, 0.6) is 0 Å². The fourth-order valence-electron chi connectivity index (χ4n) is 7.87. The maximum atomic E-state index is 12.8. The second-order valence-corrected chi connectivity index (χ2v) is 18.0. The van der Waals surface area contributed by atoms with Gasteiger partial charge in [0.1, 0.15) is 31.0 Å². The number of esters is 2. The molecule has 2 unspecified atom stereocenters. The predicted octanol–water partition coefficient (Wildman–Crippen LogP) is 12.2. The summed E-state index contributed by atoms with van der Waals surface area (Å²) in [6.45, 7) is 3.41. The summed E-state index contributed by atoms with van der Waals surface area (Å²) in [6, 6.07) is 0. The Morgan fingerprint density at radius 3 is 1.38 bits per heavy atom. The molecular weight excluding hydrogens is 797 g/mol. The van der Waals surface area contributed by atoms with E-state index in [-0.39, 0.29) is 26.1 Å². The van der Waals surface area contributed by atoms with Gasteiger partial charge in [0.2, 0.25) is 0 Å². The summed E-state index contributed by atoms with van der Waals surface area (Å²) in [5.74, 6) is -0.853. The van der Waals surface area contributed by atoms with Gasteiger partial charge in [-0.2, -0.15) is 0 Å². The zero-order valence-corrected chi connectivity index (χ0v) is 40.3. The van der Waals surface area contributed by atoms with Crippen molar-refractivity contribution in [2.45, 2.75) is 269 Å². The third-order valence-electron chi connectivity index (χ3n) is 12.0. The first-order valence-corrected chi connectivity index (χ1v) is 26.1. The molecule has 1 aliphatic rings. The van der Waals surface area contributed by atoms with Crippen LogP contribution in [0.4, 0.5) is 0 Å². The quantitative estimate of drug-likeness (QED) is 0.0264. The topological polar surface area (TPSA) is 152 Å². The van der Waals surface area contributed by atoms with Crippen LogP contribution in [0, 0.1) is 0 Å². The third kappa shape index (κ3) is 34.9. The van der Waals surface area contributed by atoms with Crippen LogP contribution >= 0.6 is 0 Å². The normalized spacial score (nSPS) is 19.7. The molecule has 1 heterocycles. The highest BCUT2D eigenvalue weighted by Crippen LogP contribution is 2.23. The van der Waals surface area contributed by atoms with Crippen LogP contribution in [0.15, 0.2) is 36.5 Å². The van der Waals surface area contributed by atoms with Gasteiger partial charge in [0.15, 0.2) is 12.4 Å². The van der Waals surface area contributed by atoms with Crippen molar-refractivity contribution >= 4 is 11.9 Å². The summed E-state index contributed by atoms with van der Waals surface area (Å²) in [4.78, 5) is 25.4. The minimum atomic E-state index is -1.60. The maximum absolute atomic E-state index is 12.8. The van der Waals surface area contributed by atoms with Crippen LogP contribution in [0.3, 0.4) is 0 Å². The van der Waals surface area contributed by atoms with Crippen LogP contribution in [0.2, 0.25) is 0 Å². The minimum absolute atomic E-state index is 0.213. The number of carbonyl (C=O) groups is 2. The average molecular weight is 893 g/mol. The zero-order chi connectivity index (χ0) is 45.9. The lowest BCUT2D eigenvalue weighted by molar-refractivity contribution is -0.305. The van der Waals surface area contributed by atoms with E-state index >= 15 is 0 Å². The number of aliphatic hydroxyl groups is 4. The molecule has 368 valence electrons. The molecule has 1 rings (SSSR count). The van der Waals surface area contributed by atoms with Gasteiger partial charge in [-0.3, -0.25) is 9.59 Å². The molecule has 0 spiro atoms. The van der Waals surface area contributed by atoms with Gasteiger partial charge >= 0.3 is 11.9 Å². The molecule has 10 heteroatoms. The molecule has 0 aromatic carbocycles. The lowest BCUT2D eigenvalue weighted by atomic mass is 9.99.